The van der Waals surface area contributed by atoms with Gasteiger partial charge < -0.3 is 9.84 Å². The van der Waals surface area contributed by atoms with Gasteiger partial charge in [-0.25, -0.2) is 0 Å². The lowest BCUT2D eigenvalue weighted by Gasteiger charge is -2.21. The van der Waals surface area contributed by atoms with Crippen LogP contribution in [-0.2, 0) is 16.1 Å². The summed E-state index contributed by atoms with van der Waals surface area (Å²) in [5, 5.41) is 13.7. The van der Waals surface area contributed by atoms with E-state index in [1.165, 1.54) is 12.7 Å². The van der Waals surface area contributed by atoms with Gasteiger partial charge in [0.25, 0.3) is 0 Å². The summed E-state index contributed by atoms with van der Waals surface area (Å²) in [6, 6.07) is 1.73. The number of carbonyl (C=O) groups excluding carboxylic acids is 1. The van der Waals surface area contributed by atoms with Crippen LogP contribution in [0.15, 0.2) is 16.8 Å². The van der Waals surface area contributed by atoms with Crippen molar-refractivity contribution in [3.63, 3.8) is 0 Å². The number of carbonyl (C=O) groups is 1. The fourth-order valence-corrected chi connectivity index (χ4v) is 2.71. The highest BCUT2D eigenvalue weighted by Gasteiger charge is 2.36. The molecule has 0 aliphatic carbocycles. The van der Waals surface area contributed by atoms with Crippen molar-refractivity contribution in [2.75, 3.05) is 13.7 Å². The monoisotopic (exact) mass is 241 g/mol. The standard InChI is InChI=1S/C11H15NO3S/c1-15-11(14)10-4-9(13)6-12(10)5-8-2-3-16-7-8/h2-3,7,9-10,13H,4-6H2,1H3/t9-,10+/m1/s1. The van der Waals surface area contributed by atoms with E-state index in [9.17, 15) is 9.90 Å². The SMILES string of the molecule is COC(=O)[C@@H]1C[C@@H](O)CN1Cc1ccsc1. The molecule has 2 atom stereocenters. The molecule has 2 heterocycles. The Bertz CT molecular complexity index is 352. The van der Waals surface area contributed by atoms with Crippen molar-refractivity contribution in [2.45, 2.75) is 25.1 Å². The molecule has 1 aliphatic heterocycles. The molecule has 88 valence electrons. The van der Waals surface area contributed by atoms with E-state index in [-0.39, 0.29) is 12.0 Å². The van der Waals surface area contributed by atoms with Gasteiger partial charge in [0, 0.05) is 19.5 Å². The number of aliphatic hydroxyl groups is 1. The van der Waals surface area contributed by atoms with Crippen LogP contribution < -0.4 is 0 Å². The second-order valence-corrected chi connectivity index (χ2v) is 4.77. The van der Waals surface area contributed by atoms with Gasteiger partial charge in [0.2, 0.25) is 0 Å². The quantitative estimate of drug-likeness (QED) is 0.797. The maximum absolute atomic E-state index is 11.5. The molecule has 1 aromatic heterocycles. The Hall–Kier alpha value is -0.910. The molecular weight excluding hydrogens is 226 g/mol. The van der Waals surface area contributed by atoms with Crippen LogP contribution in [-0.4, -0.2) is 41.8 Å². The van der Waals surface area contributed by atoms with E-state index < -0.39 is 6.10 Å². The molecule has 0 aromatic carbocycles. The Morgan fingerprint density at radius 1 is 1.75 bits per heavy atom. The van der Waals surface area contributed by atoms with Gasteiger partial charge in [-0.1, -0.05) is 0 Å². The van der Waals surface area contributed by atoms with E-state index in [1.54, 1.807) is 11.3 Å². The topological polar surface area (TPSA) is 49.8 Å². The second kappa shape index (κ2) is 4.95. The molecule has 0 bridgehead atoms. The number of hydrogen-bond donors (Lipinski definition) is 1. The number of methoxy groups -OCH3 is 1. The summed E-state index contributed by atoms with van der Waals surface area (Å²) in [6.07, 6.45) is 0.0410. The Labute approximate surface area is 98.4 Å². The van der Waals surface area contributed by atoms with Crippen LogP contribution in [0.3, 0.4) is 0 Å². The molecule has 0 unspecified atom stereocenters. The molecule has 5 heteroatoms. The molecular formula is C11H15NO3S. The molecule has 0 amide bonds. The Balaban J connectivity index is 2.04. The summed E-state index contributed by atoms with van der Waals surface area (Å²) in [5.41, 5.74) is 1.17. The van der Waals surface area contributed by atoms with E-state index in [2.05, 4.69) is 5.38 Å². The third kappa shape index (κ3) is 2.42. The number of nitrogens with zero attached hydrogens (tertiary/aromatic N) is 1. The number of esters is 1. The molecule has 0 radical (unpaired) electrons. The summed E-state index contributed by atoms with van der Waals surface area (Å²) in [5.74, 6) is -0.258. The first-order valence-corrected chi connectivity index (χ1v) is 6.16. The maximum Gasteiger partial charge on any atom is 0.323 e. The fourth-order valence-electron chi connectivity index (χ4n) is 2.05. The van der Waals surface area contributed by atoms with E-state index >= 15 is 0 Å². The van der Waals surface area contributed by atoms with Gasteiger partial charge >= 0.3 is 5.97 Å². The van der Waals surface area contributed by atoms with Gasteiger partial charge in [-0.3, -0.25) is 9.69 Å². The highest BCUT2D eigenvalue weighted by molar-refractivity contribution is 7.07. The maximum atomic E-state index is 11.5. The minimum atomic E-state index is -0.428. The van der Waals surface area contributed by atoms with Crippen molar-refractivity contribution in [1.82, 2.24) is 4.90 Å². The molecule has 1 N–H and O–H groups in total. The summed E-state index contributed by atoms with van der Waals surface area (Å²) in [6.45, 7) is 1.23. The van der Waals surface area contributed by atoms with Crippen LogP contribution in [0.4, 0.5) is 0 Å². The van der Waals surface area contributed by atoms with E-state index in [0.717, 1.165) is 0 Å². The minimum Gasteiger partial charge on any atom is -0.468 e. The molecule has 16 heavy (non-hydrogen) atoms. The zero-order valence-corrected chi connectivity index (χ0v) is 9.94. The lowest BCUT2D eigenvalue weighted by Crippen LogP contribution is -2.36. The van der Waals surface area contributed by atoms with Crippen molar-refractivity contribution < 1.29 is 14.6 Å². The van der Waals surface area contributed by atoms with Gasteiger partial charge in [-0.05, 0) is 22.4 Å². The van der Waals surface area contributed by atoms with E-state index in [1.807, 2.05) is 16.3 Å². The third-order valence-corrected chi connectivity index (χ3v) is 3.55. The number of rotatable bonds is 3. The summed E-state index contributed by atoms with van der Waals surface area (Å²) < 4.78 is 4.74. The largest absolute Gasteiger partial charge is 0.468 e. The fraction of sp³-hybridized carbons (Fsp3) is 0.545. The first-order valence-electron chi connectivity index (χ1n) is 5.21. The van der Waals surface area contributed by atoms with Crippen molar-refractivity contribution in [3.05, 3.63) is 22.4 Å². The van der Waals surface area contributed by atoms with Gasteiger partial charge in [0.1, 0.15) is 6.04 Å². The molecule has 2 rings (SSSR count). The smallest absolute Gasteiger partial charge is 0.323 e. The number of likely N-dealkylation sites (tertiary alicyclic amines) is 1. The number of ether oxygens (including phenoxy) is 1. The first-order chi connectivity index (χ1) is 7.70. The van der Waals surface area contributed by atoms with Crippen LogP contribution in [0.2, 0.25) is 0 Å². The van der Waals surface area contributed by atoms with Crippen LogP contribution in [0.5, 0.6) is 0 Å². The predicted octanol–water partition coefficient (Wildman–Crippen LogP) is 0.856. The number of aliphatic hydroxyl groups excluding tert-OH is 1. The zero-order chi connectivity index (χ0) is 11.5. The Kier molecular flexibility index (Phi) is 3.58. The summed E-state index contributed by atoms with van der Waals surface area (Å²) >= 11 is 1.63. The van der Waals surface area contributed by atoms with Gasteiger partial charge in [0.15, 0.2) is 0 Å². The van der Waals surface area contributed by atoms with Crippen molar-refractivity contribution >= 4 is 17.3 Å². The average molecular weight is 241 g/mol. The molecule has 1 fully saturated rings. The van der Waals surface area contributed by atoms with Crippen molar-refractivity contribution in [3.8, 4) is 0 Å². The molecule has 1 aromatic rings. The average Bonchev–Trinajstić information content (AvgIpc) is 2.88. The first kappa shape index (κ1) is 11.6. The van der Waals surface area contributed by atoms with Gasteiger partial charge in [-0.15, -0.1) is 0 Å². The van der Waals surface area contributed by atoms with Crippen molar-refractivity contribution in [1.29, 1.82) is 0 Å². The van der Waals surface area contributed by atoms with E-state index in [4.69, 9.17) is 4.74 Å². The number of hydrogen-bond acceptors (Lipinski definition) is 5. The van der Waals surface area contributed by atoms with E-state index in [0.29, 0.717) is 19.5 Å². The van der Waals surface area contributed by atoms with Gasteiger partial charge in [0.05, 0.1) is 13.2 Å². The lowest BCUT2D eigenvalue weighted by atomic mass is 10.2. The normalized spacial score (nSPS) is 25.9. The highest BCUT2D eigenvalue weighted by atomic mass is 32.1. The van der Waals surface area contributed by atoms with Crippen molar-refractivity contribution in [2.24, 2.45) is 0 Å². The molecule has 1 saturated heterocycles. The zero-order valence-electron chi connectivity index (χ0n) is 9.13. The molecule has 0 spiro atoms. The summed E-state index contributed by atoms with van der Waals surface area (Å²) in [4.78, 5) is 13.5. The molecule has 4 nitrogen and oxygen atoms in total. The third-order valence-electron chi connectivity index (χ3n) is 2.82. The number of β-amino-alcohol motifs (C(OH)–C–C–N with tert-alkyl or cyclic N) is 1. The second-order valence-electron chi connectivity index (χ2n) is 3.99. The highest BCUT2D eigenvalue weighted by Crippen LogP contribution is 2.22. The Morgan fingerprint density at radius 3 is 3.19 bits per heavy atom. The lowest BCUT2D eigenvalue weighted by molar-refractivity contribution is -0.146. The summed E-state index contributed by atoms with van der Waals surface area (Å²) in [7, 11) is 1.38. The molecule has 1 aliphatic rings. The van der Waals surface area contributed by atoms with Crippen LogP contribution in [0.1, 0.15) is 12.0 Å². The Morgan fingerprint density at radius 2 is 2.56 bits per heavy atom. The number of thiophene rings is 1. The van der Waals surface area contributed by atoms with Crippen LogP contribution >= 0.6 is 11.3 Å². The molecule has 0 saturated carbocycles. The van der Waals surface area contributed by atoms with Crippen LogP contribution in [0.25, 0.3) is 0 Å². The van der Waals surface area contributed by atoms with Gasteiger partial charge in [-0.2, -0.15) is 11.3 Å². The van der Waals surface area contributed by atoms with Crippen LogP contribution in [0, 0.1) is 0 Å². The minimum absolute atomic E-state index is 0.258. The predicted molar refractivity (Wildman–Crippen MR) is 61.2 cm³/mol.